The van der Waals surface area contributed by atoms with Gasteiger partial charge < -0.3 is 5.32 Å². The predicted molar refractivity (Wildman–Crippen MR) is 79.7 cm³/mol. The van der Waals surface area contributed by atoms with Gasteiger partial charge in [-0.1, -0.05) is 13.0 Å². The van der Waals surface area contributed by atoms with Gasteiger partial charge in [0.1, 0.15) is 10.6 Å². The van der Waals surface area contributed by atoms with E-state index in [0.717, 1.165) is 28.9 Å². The van der Waals surface area contributed by atoms with Crippen molar-refractivity contribution in [3.63, 3.8) is 0 Å². The molecule has 1 N–H and O–H groups in total. The Labute approximate surface area is 116 Å². The topological polar surface area (TPSA) is 37.8 Å². The van der Waals surface area contributed by atoms with Gasteiger partial charge in [-0.05, 0) is 37.4 Å². The molecule has 0 radical (unpaired) electrons. The molecule has 0 aliphatic rings. The highest BCUT2D eigenvalue weighted by atomic mass is 35.5. The van der Waals surface area contributed by atoms with E-state index in [1.54, 1.807) is 11.3 Å². The van der Waals surface area contributed by atoms with Crippen LogP contribution in [0.1, 0.15) is 25.1 Å². The van der Waals surface area contributed by atoms with Gasteiger partial charge in [-0.3, -0.25) is 0 Å². The molecule has 5 heteroatoms. The van der Waals surface area contributed by atoms with Gasteiger partial charge in [0.2, 0.25) is 5.28 Å². The van der Waals surface area contributed by atoms with Crippen LogP contribution in [-0.2, 0) is 6.42 Å². The van der Waals surface area contributed by atoms with E-state index in [9.17, 15) is 0 Å². The summed E-state index contributed by atoms with van der Waals surface area (Å²) in [5, 5.41) is 4.71. The Morgan fingerprint density at radius 1 is 1.56 bits per heavy atom. The van der Waals surface area contributed by atoms with Gasteiger partial charge in [0.25, 0.3) is 0 Å². The summed E-state index contributed by atoms with van der Waals surface area (Å²) in [7, 11) is 0. The fourth-order valence-electron chi connectivity index (χ4n) is 1.77. The first-order chi connectivity index (χ1) is 8.63. The van der Waals surface area contributed by atoms with Gasteiger partial charge >= 0.3 is 0 Å². The second kappa shape index (κ2) is 5.67. The highest BCUT2D eigenvalue weighted by Gasteiger charge is 2.11. The zero-order valence-corrected chi connectivity index (χ0v) is 12.1. The van der Waals surface area contributed by atoms with Gasteiger partial charge in [-0.2, -0.15) is 0 Å². The van der Waals surface area contributed by atoms with Gasteiger partial charge in [0.05, 0.1) is 5.39 Å². The summed E-state index contributed by atoms with van der Waals surface area (Å²) in [5.74, 6) is 0.815. The van der Waals surface area contributed by atoms with E-state index in [0.29, 0.717) is 5.28 Å². The molecule has 0 aliphatic heterocycles. The average Bonchev–Trinajstić information content (AvgIpc) is 2.72. The lowest BCUT2D eigenvalue weighted by Crippen LogP contribution is -2.15. The zero-order valence-electron chi connectivity index (χ0n) is 10.5. The second-order valence-electron chi connectivity index (χ2n) is 4.20. The Kier molecular flexibility index (Phi) is 4.19. The van der Waals surface area contributed by atoms with Crippen molar-refractivity contribution in [2.75, 3.05) is 5.32 Å². The van der Waals surface area contributed by atoms with Crippen LogP contribution < -0.4 is 5.32 Å². The maximum Gasteiger partial charge on any atom is 0.225 e. The Bertz CT molecular complexity index is 565. The monoisotopic (exact) mass is 281 g/mol. The van der Waals surface area contributed by atoms with Crippen LogP contribution in [-0.4, -0.2) is 16.0 Å². The minimum Gasteiger partial charge on any atom is -0.367 e. The maximum absolute atomic E-state index is 5.96. The maximum atomic E-state index is 5.96. The molecule has 0 bridgehead atoms. The van der Waals surface area contributed by atoms with Crippen LogP contribution in [0.25, 0.3) is 10.2 Å². The van der Waals surface area contributed by atoms with E-state index in [1.807, 2.05) is 6.08 Å². The Balaban J connectivity index is 2.41. The molecule has 96 valence electrons. The number of halogens is 1. The van der Waals surface area contributed by atoms with Crippen molar-refractivity contribution >= 4 is 39.0 Å². The normalized spacial score (nSPS) is 12.6. The summed E-state index contributed by atoms with van der Waals surface area (Å²) in [6, 6.07) is 2.42. The molecule has 2 rings (SSSR count). The molecule has 0 amide bonds. The SMILES string of the molecule is C=CCC(C)Nc1nc(Cl)nc2sc(CC)cc12. The molecule has 0 aliphatic carbocycles. The molecule has 1 unspecified atom stereocenters. The van der Waals surface area contributed by atoms with Crippen molar-refractivity contribution in [3.05, 3.63) is 28.9 Å². The number of thiophene rings is 1. The summed E-state index contributed by atoms with van der Waals surface area (Å²) in [6.45, 7) is 7.97. The first-order valence-electron chi connectivity index (χ1n) is 5.97. The number of aryl methyl sites for hydroxylation is 1. The van der Waals surface area contributed by atoms with Crippen molar-refractivity contribution < 1.29 is 0 Å². The first kappa shape index (κ1) is 13.3. The number of rotatable bonds is 5. The fraction of sp³-hybridized carbons (Fsp3) is 0.385. The minimum atomic E-state index is 0.279. The lowest BCUT2D eigenvalue weighted by molar-refractivity contribution is 0.809. The average molecular weight is 282 g/mol. The summed E-state index contributed by atoms with van der Waals surface area (Å²) in [6.07, 6.45) is 3.77. The molecule has 18 heavy (non-hydrogen) atoms. The van der Waals surface area contributed by atoms with E-state index >= 15 is 0 Å². The molecule has 0 fully saturated rings. The lowest BCUT2D eigenvalue weighted by atomic mass is 10.2. The summed E-state index contributed by atoms with van der Waals surface area (Å²) in [4.78, 5) is 10.8. The number of nitrogens with one attached hydrogen (secondary N) is 1. The van der Waals surface area contributed by atoms with E-state index in [-0.39, 0.29) is 6.04 Å². The third-order valence-corrected chi connectivity index (χ3v) is 4.01. The highest BCUT2D eigenvalue weighted by Crippen LogP contribution is 2.30. The van der Waals surface area contributed by atoms with E-state index < -0.39 is 0 Å². The third kappa shape index (κ3) is 2.82. The molecule has 1 atom stereocenters. The standard InChI is InChI=1S/C13H16ClN3S/c1-4-6-8(3)15-11-10-7-9(5-2)18-12(10)17-13(14)16-11/h4,7-8H,1,5-6H2,2-3H3,(H,15,16,17). The van der Waals surface area contributed by atoms with Gasteiger partial charge in [-0.25, -0.2) is 9.97 Å². The van der Waals surface area contributed by atoms with Crippen LogP contribution in [0, 0.1) is 0 Å². The van der Waals surface area contributed by atoms with E-state index in [2.05, 4.69) is 41.8 Å². The first-order valence-corrected chi connectivity index (χ1v) is 7.16. The van der Waals surface area contributed by atoms with Crippen molar-refractivity contribution in [1.29, 1.82) is 0 Å². The largest absolute Gasteiger partial charge is 0.367 e. The van der Waals surface area contributed by atoms with Crippen molar-refractivity contribution in [2.24, 2.45) is 0 Å². The predicted octanol–water partition coefficient (Wildman–Crippen LogP) is 4.28. The second-order valence-corrected chi connectivity index (χ2v) is 5.65. The van der Waals surface area contributed by atoms with Crippen molar-refractivity contribution in [3.8, 4) is 0 Å². The molecule has 0 saturated carbocycles. The number of aromatic nitrogens is 2. The number of anilines is 1. The number of hydrogen-bond donors (Lipinski definition) is 1. The molecular formula is C13H16ClN3S. The number of fused-ring (bicyclic) bond motifs is 1. The Hall–Kier alpha value is -1.13. The van der Waals surface area contributed by atoms with Crippen LogP contribution in [0.5, 0.6) is 0 Å². The van der Waals surface area contributed by atoms with Gasteiger partial charge in [0, 0.05) is 10.9 Å². The van der Waals surface area contributed by atoms with Gasteiger partial charge in [-0.15, -0.1) is 17.9 Å². The molecule has 0 saturated heterocycles. The van der Waals surface area contributed by atoms with E-state index in [1.165, 1.54) is 4.88 Å². The van der Waals surface area contributed by atoms with Crippen molar-refractivity contribution in [1.82, 2.24) is 9.97 Å². The van der Waals surface area contributed by atoms with Crippen LogP contribution in [0.4, 0.5) is 5.82 Å². The van der Waals surface area contributed by atoms with Gasteiger partial charge in [0.15, 0.2) is 0 Å². The highest BCUT2D eigenvalue weighted by molar-refractivity contribution is 7.18. The van der Waals surface area contributed by atoms with Crippen LogP contribution in [0.15, 0.2) is 18.7 Å². The summed E-state index contributed by atoms with van der Waals surface area (Å²) < 4.78 is 0. The molecule has 3 nitrogen and oxygen atoms in total. The van der Waals surface area contributed by atoms with Crippen LogP contribution >= 0.6 is 22.9 Å². The lowest BCUT2D eigenvalue weighted by Gasteiger charge is -2.13. The molecule has 0 spiro atoms. The molecule has 2 heterocycles. The molecular weight excluding hydrogens is 266 g/mol. The Morgan fingerprint density at radius 2 is 2.33 bits per heavy atom. The minimum absolute atomic E-state index is 0.279. The third-order valence-electron chi connectivity index (χ3n) is 2.67. The number of nitrogens with zero attached hydrogens (tertiary/aromatic N) is 2. The quantitative estimate of drug-likeness (QED) is 0.656. The fourth-order valence-corrected chi connectivity index (χ4v) is 2.96. The van der Waals surface area contributed by atoms with Crippen LogP contribution in [0.2, 0.25) is 5.28 Å². The van der Waals surface area contributed by atoms with Crippen LogP contribution in [0.3, 0.4) is 0 Å². The molecule has 2 aromatic rings. The Morgan fingerprint density at radius 3 is 3.00 bits per heavy atom. The summed E-state index contributed by atoms with van der Waals surface area (Å²) >= 11 is 7.63. The summed E-state index contributed by atoms with van der Waals surface area (Å²) in [5.41, 5.74) is 0. The van der Waals surface area contributed by atoms with E-state index in [4.69, 9.17) is 11.6 Å². The zero-order chi connectivity index (χ0) is 13.1. The molecule has 2 aromatic heterocycles. The molecule has 0 aromatic carbocycles. The smallest absolute Gasteiger partial charge is 0.225 e. The van der Waals surface area contributed by atoms with Crippen molar-refractivity contribution in [2.45, 2.75) is 32.7 Å². The number of hydrogen-bond acceptors (Lipinski definition) is 4.